The van der Waals surface area contributed by atoms with Gasteiger partial charge in [-0.1, -0.05) is 0 Å². The summed E-state index contributed by atoms with van der Waals surface area (Å²) in [5, 5.41) is 0. The van der Waals surface area contributed by atoms with E-state index >= 15 is 0 Å². The number of anilines is 2. The molecule has 7 N–H and O–H groups in total. The molecule has 0 atom stereocenters. The third-order valence-electron chi connectivity index (χ3n) is 5.54. The van der Waals surface area contributed by atoms with Gasteiger partial charge in [0.05, 0.1) is 19.6 Å². The second-order valence-corrected chi connectivity index (χ2v) is 7.59. The monoisotopic (exact) mass is 465 g/mol. The molecule has 178 valence electrons. The predicted octanol–water partition coefficient (Wildman–Crippen LogP) is 0.637. The number of carbonyl (C=O) groups is 1. The molecule has 0 spiro atoms. The van der Waals surface area contributed by atoms with Crippen LogP contribution in [0.2, 0.25) is 0 Å². The standard InChI is InChI=1S/C22H29N10O2/c1-3-31-16-6-5-14(34-10-9-27-22(24)25)11-17(16)32(4-2)18(31)12-30(13-33)21-19(23)29-20-15(28-21)7-8-26-20/h5-8,11,13H,3-4,9-10,12H2,1-2H3,(H3,23,26,29)(H4,24,25,27)/q+1. The van der Waals surface area contributed by atoms with E-state index in [9.17, 15) is 4.79 Å². The Balaban J connectivity index is 1.70. The number of H-pyrrole nitrogens is 1. The highest BCUT2D eigenvalue weighted by Gasteiger charge is 2.27. The van der Waals surface area contributed by atoms with E-state index in [4.69, 9.17) is 21.9 Å². The van der Waals surface area contributed by atoms with E-state index in [1.165, 1.54) is 4.90 Å². The molecule has 1 amide bonds. The first-order chi connectivity index (χ1) is 16.5. The number of carbonyl (C=O) groups excluding carboxylic acids is 1. The van der Waals surface area contributed by atoms with Gasteiger partial charge in [-0.05, 0) is 32.0 Å². The van der Waals surface area contributed by atoms with Gasteiger partial charge in [0, 0.05) is 12.3 Å². The Morgan fingerprint density at radius 2 is 2.12 bits per heavy atom. The number of rotatable bonds is 10. The number of aryl methyl sites for hydroxylation is 2. The van der Waals surface area contributed by atoms with Crippen LogP contribution in [0.4, 0.5) is 11.6 Å². The molecule has 12 nitrogen and oxygen atoms in total. The fraction of sp³-hybridized carbons (Fsp3) is 0.318. The van der Waals surface area contributed by atoms with E-state index in [0.29, 0.717) is 49.0 Å². The molecular weight excluding hydrogens is 436 g/mol. The zero-order valence-corrected chi connectivity index (χ0v) is 19.2. The number of benzene rings is 1. The summed E-state index contributed by atoms with van der Waals surface area (Å²) in [5.74, 6) is 2.18. The van der Waals surface area contributed by atoms with E-state index in [0.717, 1.165) is 23.3 Å². The maximum Gasteiger partial charge on any atom is 0.277 e. The molecule has 0 saturated carbocycles. The van der Waals surface area contributed by atoms with Crippen LogP contribution in [0.1, 0.15) is 19.7 Å². The topological polar surface area (TPSA) is 170 Å². The first-order valence-corrected chi connectivity index (χ1v) is 11.0. The van der Waals surface area contributed by atoms with Crippen molar-refractivity contribution in [2.45, 2.75) is 33.5 Å². The van der Waals surface area contributed by atoms with Crippen molar-refractivity contribution in [2.75, 3.05) is 23.8 Å². The van der Waals surface area contributed by atoms with Crippen molar-refractivity contribution >= 4 is 46.2 Å². The Morgan fingerprint density at radius 1 is 1.29 bits per heavy atom. The van der Waals surface area contributed by atoms with Crippen molar-refractivity contribution in [3.05, 3.63) is 36.3 Å². The van der Waals surface area contributed by atoms with Crippen molar-refractivity contribution in [1.29, 1.82) is 0 Å². The second kappa shape index (κ2) is 9.65. The molecule has 3 aromatic heterocycles. The molecule has 0 aliphatic heterocycles. The van der Waals surface area contributed by atoms with Crippen molar-refractivity contribution in [2.24, 2.45) is 16.5 Å². The number of fused-ring (bicyclic) bond motifs is 2. The normalized spacial score (nSPS) is 11.1. The van der Waals surface area contributed by atoms with Gasteiger partial charge in [-0.2, -0.15) is 0 Å². The lowest BCUT2D eigenvalue weighted by molar-refractivity contribution is -0.676. The van der Waals surface area contributed by atoms with Crippen LogP contribution in [0.25, 0.3) is 22.2 Å². The zero-order valence-electron chi connectivity index (χ0n) is 19.2. The molecule has 0 aliphatic carbocycles. The molecule has 0 unspecified atom stereocenters. The van der Waals surface area contributed by atoms with Gasteiger partial charge in [0.2, 0.25) is 6.41 Å². The minimum absolute atomic E-state index is 0.0354. The van der Waals surface area contributed by atoms with Gasteiger partial charge in [-0.15, -0.1) is 0 Å². The molecule has 0 aliphatic rings. The van der Waals surface area contributed by atoms with Gasteiger partial charge in [0.15, 0.2) is 34.3 Å². The quantitative estimate of drug-likeness (QED) is 0.0875. The van der Waals surface area contributed by atoms with Gasteiger partial charge in [0.25, 0.3) is 5.82 Å². The number of aromatic amines is 1. The minimum atomic E-state index is 0.0354. The van der Waals surface area contributed by atoms with Gasteiger partial charge < -0.3 is 26.9 Å². The first kappa shape index (κ1) is 22.8. The lowest BCUT2D eigenvalue weighted by Gasteiger charge is -2.16. The molecule has 1 aromatic carbocycles. The number of hydrogen-bond donors (Lipinski definition) is 4. The third-order valence-corrected chi connectivity index (χ3v) is 5.54. The van der Waals surface area contributed by atoms with Gasteiger partial charge in [0.1, 0.15) is 24.4 Å². The highest BCUT2D eigenvalue weighted by molar-refractivity contribution is 5.84. The molecule has 0 saturated heterocycles. The Labute approximate surface area is 196 Å². The van der Waals surface area contributed by atoms with E-state index in [-0.39, 0.29) is 18.3 Å². The maximum absolute atomic E-state index is 12.1. The van der Waals surface area contributed by atoms with Crippen LogP contribution in [0, 0.1) is 0 Å². The van der Waals surface area contributed by atoms with Crippen LogP contribution in [-0.4, -0.2) is 45.0 Å². The number of nitrogen functional groups attached to an aromatic ring is 1. The van der Waals surface area contributed by atoms with Crippen LogP contribution in [-0.2, 0) is 24.4 Å². The largest absolute Gasteiger partial charge is 0.491 e. The fourth-order valence-corrected chi connectivity index (χ4v) is 4.08. The molecule has 0 fully saturated rings. The Kier molecular flexibility index (Phi) is 6.48. The molecule has 3 heterocycles. The van der Waals surface area contributed by atoms with Crippen molar-refractivity contribution in [3.8, 4) is 5.75 Å². The Bertz CT molecular complexity index is 1350. The van der Waals surface area contributed by atoms with E-state index < -0.39 is 0 Å². The lowest BCUT2D eigenvalue weighted by atomic mass is 10.3. The predicted molar refractivity (Wildman–Crippen MR) is 130 cm³/mol. The van der Waals surface area contributed by atoms with Crippen molar-refractivity contribution in [3.63, 3.8) is 0 Å². The summed E-state index contributed by atoms with van der Waals surface area (Å²) in [5.41, 5.74) is 20.1. The van der Waals surface area contributed by atoms with Gasteiger partial charge in [-0.3, -0.25) is 14.7 Å². The average molecular weight is 466 g/mol. The number of imidazole rings is 1. The second-order valence-electron chi connectivity index (χ2n) is 7.59. The lowest BCUT2D eigenvalue weighted by Crippen LogP contribution is -2.40. The Hall–Kier alpha value is -4.35. The summed E-state index contributed by atoms with van der Waals surface area (Å²) >= 11 is 0. The average Bonchev–Trinajstić information content (AvgIpc) is 3.40. The summed E-state index contributed by atoms with van der Waals surface area (Å²) in [4.78, 5) is 29.4. The molecule has 4 aromatic rings. The number of aliphatic imine (C=N–C) groups is 1. The number of amides is 1. The fourth-order valence-electron chi connectivity index (χ4n) is 4.08. The SMILES string of the molecule is CCn1c(CN(C=O)c2nc3cc[nH]c3nc2N)[n+](CC)c2ccc(OCCN=C(N)N)cc21. The third kappa shape index (κ3) is 4.29. The number of nitrogens with zero attached hydrogens (tertiary/aromatic N) is 6. The summed E-state index contributed by atoms with van der Waals surface area (Å²) in [6.07, 6.45) is 2.46. The molecule has 0 bridgehead atoms. The minimum Gasteiger partial charge on any atom is -0.491 e. The summed E-state index contributed by atoms with van der Waals surface area (Å²) in [6.45, 7) is 6.53. The number of nitrogens with two attached hydrogens (primary N) is 3. The molecule has 34 heavy (non-hydrogen) atoms. The number of nitrogens with one attached hydrogen (secondary N) is 1. The molecular formula is C22H29N10O2+. The van der Waals surface area contributed by atoms with Crippen LogP contribution < -0.4 is 31.4 Å². The number of ether oxygens (including phenoxy) is 1. The van der Waals surface area contributed by atoms with E-state index in [2.05, 4.69) is 42.9 Å². The summed E-state index contributed by atoms with van der Waals surface area (Å²) in [6, 6.07) is 7.69. The highest BCUT2D eigenvalue weighted by Crippen LogP contribution is 2.25. The summed E-state index contributed by atoms with van der Waals surface area (Å²) in [7, 11) is 0. The van der Waals surface area contributed by atoms with Crippen LogP contribution in [0.5, 0.6) is 5.75 Å². The maximum atomic E-state index is 12.1. The van der Waals surface area contributed by atoms with Crippen LogP contribution in [0.3, 0.4) is 0 Å². The molecule has 0 radical (unpaired) electrons. The number of aromatic nitrogens is 5. The summed E-state index contributed by atoms with van der Waals surface area (Å²) < 4.78 is 10.1. The number of guanidine groups is 1. The smallest absolute Gasteiger partial charge is 0.277 e. The van der Waals surface area contributed by atoms with Crippen molar-refractivity contribution in [1.82, 2.24) is 19.5 Å². The Morgan fingerprint density at radius 3 is 2.82 bits per heavy atom. The van der Waals surface area contributed by atoms with Gasteiger partial charge >= 0.3 is 0 Å². The number of hydrogen-bond acceptors (Lipinski definition) is 6. The highest BCUT2D eigenvalue weighted by atomic mass is 16.5. The van der Waals surface area contributed by atoms with E-state index in [1.54, 1.807) is 12.3 Å². The zero-order chi connectivity index (χ0) is 24.2. The molecule has 4 rings (SSSR count). The van der Waals surface area contributed by atoms with Crippen LogP contribution >= 0.6 is 0 Å². The van der Waals surface area contributed by atoms with Crippen LogP contribution in [0.15, 0.2) is 35.5 Å². The van der Waals surface area contributed by atoms with Gasteiger partial charge in [-0.25, -0.2) is 19.1 Å². The first-order valence-electron chi connectivity index (χ1n) is 11.0. The van der Waals surface area contributed by atoms with Crippen molar-refractivity contribution < 1.29 is 14.1 Å². The van der Waals surface area contributed by atoms with E-state index in [1.807, 2.05) is 18.2 Å². The molecule has 12 heteroatoms.